The topological polar surface area (TPSA) is 73.1 Å². The Balaban J connectivity index is 2.04. The summed E-state index contributed by atoms with van der Waals surface area (Å²) in [5, 5.41) is 20.6. The van der Waals surface area contributed by atoms with Gasteiger partial charge in [-0.05, 0) is 24.3 Å². The summed E-state index contributed by atoms with van der Waals surface area (Å²) in [6.45, 7) is 1.61. The van der Waals surface area contributed by atoms with E-state index in [9.17, 15) is 9.50 Å². The number of hydrogen-bond donors (Lipinski definition) is 1. The summed E-state index contributed by atoms with van der Waals surface area (Å²) < 4.78 is 18.9. The summed E-state index contributed by atoms with van der Waals surface area (Å²) in [5.41, 5.74) is 0.236. The molecule has 1 heterocycles. The molecule has 1 unspecified atom stereocenters. The summed E-state index contributed by atoms with van der Waals surface area (Å²) >= 11 is 0. The van der Waals surface area contributed by atoms with Gasteiger partial charge in [-0.3, -0.25) is 0 Å². The highest BCUT2D eigenvalue weighted by atomic mass is 19.1. The lowest BCUT2D eigenvalue weighted by molar-refractivity contribution is 0.193. The number of aryl methyl sites for hydroxylation is 1. The van der Waals surface area contributed by atoms with Gasteiger partial charge in [-0.1, -0.05) is 0 Å². The van der Waals surface area contributed by atoms with E-state index in [0.717, 1.165) is 0 Å². The molecule has 1 aromatic heterocycles. The van der Waals surface area contributed by atoms with Crippen LogP contribution in [0, 0.1) is 5.82 Å². The van der Waals surface area contributed by atoms with Crippen LogP contribution < -0.4 is 4.74 Å². The highest BCUT2D eigenvalue weighted by Crippen LogP contribution is 2.21. The molecule has 18 heavy (non-hydrogen) atoms. The summed E-state index contributed by atoms with van der Waals surface area (Å²) in [4.78, 5) is 1.32. The highest BCUT2D eigenvalue weighted by Gasteiger charge is 2.09. The molecule has 0 saturated heterocycles. The number of rotatable bonds is 4. The van der Waals surface area contributed by atoms with Crippen LogP contribution in [-0.4, -0.2) is 25.3 Å². The number of hydrogen-bond acceptors (Lipinski definition) is 5. The van der Waals surface area contributed by atoms with Crippen LogP contribution in [0.25, 0.3) is 0 Å². The van der Waals surface area contributed by atoms with E-state index in [1.54, 1.807) is 13.1 Å². The molecule has 2 rings (SSSR count). The minimum Gasteiger partial charge on any atom is -0.485 e. The molecule has 0 amide bonds. The standard InChI is InChI=1S/C11H13FN4O2/c1-7(17)9-4-3-8(5-10(9)12)18-6-11-13-15-16(2)14-11/h3-5,7,17H,6H2,1-2H3. The van der Waals surface area contributed by atoms with E-state index >= 15 is 0 Å². The van der Waals surface area contributed by atoms with Gasteiger partial charge in [0.05, 0.1) is 13.2 Å². The summed E-state index contributed by atoms with van der Waals surface area (Å²) in [6, 6.07) is 4.29. The first kappa shape index (κ1) is 12.4. The van der Waals surface area contributed by atoms with E-state index in [2.05, 4.69) is 15.4 Å². The van der Waals surface area contributed by atoms with Crippen molar-refractivity contribution in [3.8, 4) is 5.75 Å². The minimum absolute atomic E-state index is 0.112. The molecule has 0 bridgehead atoms. The Bertz CT molecular complexity index is 542. The van der Waals surface area contributed by atoms with Gasteiger partial charge in [0.2, 0.25) is 5.82 Å². The monoisotopic (exact) mass is 252 g/mol. The molecule has 1 aromatic carbocycles. The van der Waals surface area contributed by atoms with Crippen LogP contribution in [0.2, 0.25) is 0 Å². The van der Waals surface area contributed by atoms with Crippen molar-refractivity contribution < 1.29 is 14.2 Å². The smallest absolute Gasteiger partial charge is 0.212 e. The van der Waals surface area contributed by atoms with Crippen molar-refractivity contribution in [2.45, 2.75) is 19.6 Å². The lowest BCUT2D eigenvalue weighted by Crippen LogP contribution is -2.01. The van der Waals surface area contributed by atoms with E-state index in [-0.39, 0.29) is 12.2 Å². The predicted octanol–water partition coefficient (Wildman–Crippen LogP) is 0.981. The number of aliphatic hydroxyl groups excluding tert-OH is 1. The average Bonchev–Trinajstić information content (AvgIpc) is 2.72. The van der Waals surface area contributed by atoms with Gasteiger partial charge in [0.15, 0.2) is 6.61 Å². The Hall–Kier alpha value is -2.02. The maximum atomic E-state index is 13.5. The lowest BCUT2D eigenvalue weighted by Gasteiger charge is -2.08. The maximum absolute atomic E-state index is 13.5. The number of tetrazole rings is 1. The Kier molecular flexibility index (Phi) is 3.52. The molecule has 1 atom stereocenters. The van der Waals surface area contributed by atoms with Gasteiger partial charge in [0, 0.05) is 11.6 Å². The third-order valence-corrected chi connectivity index (χ3v) is 2.34. The van der Waals surface area contributed by atoms with Crippen LogP contribution in [0.4, 0.5) is 4.39 Å². The first-order chi connectivity index (χ1) is 8.56. The second-order valence-electron chi connectivity index (χ2n) is 3.84. The maximum Gasteiger partial charge on any atom is 0.212 e. The lowest BCUT2D eigenvalue weighted by atomic mass is 10.1. The van der Waals surface area contributed by atoms with E-state index in [4.69, 9.17) is 4.74 Å². The summed E-state index contributed by atoms with van der Waals surface area (Å²) in [5.74, 6) is 0.261. The molecule has 0 aliphatic heterocycles. The Morgan fingerprint density at radius 2 is 2.28 bits per heavy atom. The second-order valence-corrected chi connectivity index (χ2v) is 3.84. The molecule has 0 radical (unpaired) electrons. The number of benzene rings is 1. The molecule has 0 aliphatic carbocycles. The quantitative estimate of drug-likeness (QED) is 0.878. The average molecular weight is 252 g/mol. The van der Waals surface area contributed by atoms with Gasteiger partial charge < -0.3 is 9.84 Å². The van der Waals surface area contributed by atoms with Crippen molar-refractivity contribution in [2.24, 2.45) is 7.05 Å². The zero-order valence-corrected chi connectivity index (χ0v) is 10.0. The molecule has 0 saturated carbocycles. The molecule has 1 N–H and O–H groups in total. The third kappa shape index (κ3) is 2.80. The molecular formula is C11H13FN4O2. The molecular weight excluding hydrogens is 239 g/mol. The van der Waals surface area contributed by atoms with Gasteiger partial charge in [-0.15, -0.1) is 10.2 Å². The van der Waals surface area contributed by atoms with Crippen LogP contribution in [0.3, 0.4) is 0 Å². The predicted molar refractivity (Wildman–Crippen MR) is 60.2 cm³/mol. The largest absolute Gasteiger partial charge is 0.485 e. The summed E-state index contributed by atoms with van der Waals surface area (Å²) in [6.07, 6.45) is -0.847. The number of nitrogens with zero attached hydrogens (tertiary/aromatic N) is 4. The van der Waals surface area contributed by atoms with Crippen molar-refractivity contribution >= 4 is 0 Å². The first-order valence-corrected chi connectivity index (χ1v) is 5.39. The number of aromatic nitrogens is 4. The fraction of sp³-hybridized carbons (Fsp3) is 0.364. The molecule has 0 spiro atoms. The van der Waals surface area contributed by atoms with Crippen LogP contribution in [0.1, 0.15) is 24.4 Å². The highest BCUT2D eigenvalue weighted by molar-refractivity contribution is 5.30. The van der Waals surface area contributed by atoms with Gasteiger partial charge >= 0.3 is 0 Å². The number of ether oxygens (including phenoxy) is 1. The molecule has 6 nitrogen and oxygen atoms in total. The molecule has 96 valence electrons. The van der Waals surface area contributed by atoms with E-state index in [0.29, 0.717) is 11.6 Å². The van der Waals surface area contributed by atoms with Gasteiger partial charge in [-0.25, -0.2) is 4.39 Å². The van der Waals surface area contributed by atoms with Crippen molar-refractivity contribution in [2.75, 3.05) is 0 Å². The van der Waals surface area contributed by atoms with Crippen molar-refractivity contribution in [1.29, 1.82) is 0 Å². The van der Waals surface area contributed by atoms with Crippen LogP contribution >= 0.6 is 0 Å². The van der Waals surface area contributed by atoms with Gasteiger partial charge in [0.1, 0.15) is 11.6 Å². The zero-order chi connectivity index (χ0) is 13.1. The fourth-order valence-electron chi connectivity index (χ4n) is 1.47. The molecule has 0 aliphatic rings. The SMILES string of the molecule is CC(O)c1ccc(OCc2nnn(C)n2)cc1F. The van der Waals surface area contributed by atoms with Crippen LogP contribution in [-0.2, 0) is 13.7 Å². The van der Waals surface area contributed by atoms with Gasteiger partial charge in [0.25, 0.3) is 0 Å². The molecule has 7 heteroatoms. The zero-order valence-electron chi connectivity index (χ0n) is 10.0. The second kappa shape index (κ2) is 5.09. The molecule has 0 fully saturated rings. The fourth-order valence-corrected chi connectivity index (χ4v) is 1.47. The molecule has 2 aromatic rings. The van der Waals surface area contributed by atoms with Crippen molar-refractivity contribution in [3.63, 3.8) is 0 Å². The Morgan fingerprint density at radius 3 is 2.83 bits per heavy atom. The van der Waals surface area contributed by atoms with Crippen molar-refractivity contribution in [1.82, 2.24) is 20.2 Å². The van der Waals surface area contributed by atoms with Crippen molar-refractivity contribution in [3.05, 3.63) is 35.4 Å². The summed E-state index contributed by atoms with van der Waals surface area (Å²) in [7, 11) is 1.65. The number of aliphatic hydroxyl groups is 1. The minimum atomic E-state index is -0.847. The third-order valence-electron chi connectivity index (χ3n) is 2.34. The number of halogens is 1. The normalized spacial score (nSPS) is 12.4. The van der Waals surface area contributed by atoms with Crippen LogP contribution in [0.5, 0.6) is 5.75 Å². The van der Waals surface area contributed by atoms with Crippen LogP contribution in [0.15, 0.2) is 18.2 Å². The van der Waals surface area contributed by atoms with E-state index < -0.39 is 11.9 Å². The Labute approximate surface area is 103 Å². The van der Waals surface area contributed by atoms with E-state index in [1.165, 1.54) is 23.9 Å². The van der Waals surface area contributed by atoms with Gasteiger partial charge in [-0.2, -0.15) is 4.80 Å². The Morgan fingerprint density at radius 1 is 1.50 bits per heavy atom. The first-order valence-electron chi connectivity index (χ1n) is 5.39. The van der Waals surface area contributed by atoms with E-state index in [1.807, 2.05) is 0 Å².